The number of benzene rings is 1. The van der Waals surface area contributed by atoms with Crippen LogP contribution in [-0.4, -0.2) is 24.5 Å². The lowest BCUT2D eigenvalue weighted by Crippen LogP contribution is -2.41. The fourth-order valence-electron chi connectivity index (χ4n) is 1.86. The third kappa shape index (κ3) is 4.80. The van der Waals surface area contributed by atoms with Crippen molar-refractivity contribution in [1.82, 2.24) is 5.32 Å². The second kappa shape index (κ2) is 8.12. The van der Waals surface area contributed by atoms with E-state index in [1.54, 1.807) is 31.2 Å². The predicted octanol–water partition coefficient (Wildman–Crippen LogP) is 3.67. The van der Waals surface area contributed by atoms with Crippen molar-refractivity contribution in [3.8, 4) is 5.75 Å². The maximum Gasteiger partial charge on any atom is 0.262 e. The predicted molar refractivity (Wildman–Crippen MR) is 95.2 cm³/mol. The summed E-state index contributed by atoms with van der Waals surface area (Å²) in [5.74, 6) is 0.0200. The van der Waals surface area contributed by atoms with Crippen molar-refractivity contribution in [1.29, 1.82) is 0 Å². The van der Waals surface area contributed by atoms with E-state index in [1.165, 1.54) is 11.3 Å². The highest BCUT2D eigenvalue weighted by molar-refractivity contribution is 9.11. The zero-order chi connectivity index (χ0) is 16.8. The van der Waals surface area contributed by atoms with E-state index in [4.69, 9.17) is 4.74 Å². The van der Waals surface area contributed by atoms with E-state index in [0.717, 1.165) is 3.79 Å². The van der Waals surface area contributed by atoms with Gasteiger partial charge in [-0.25, -0.2) is 0 Å². The van der Waals surface area contributed by atoms with Crippen LogP contribution >= 0.6 is 27.3 Å². The van der Waals surface area contributed by atoms with Crippen molar-refractivity contribution in [3.05, 3.63) is 45.1 Å². The number of anilines is 1. The molecule has 0 bridgehead atoms. The van der Waals surface area contributed by atoms with Crippen LogP contribution in [0.1, 0.15) is 23.5 Å². The molecule has 1 aromatic heterocycles. The molecule has 1 atom stereocenters. The number of nitrogens with one attached hydrogen (secondary N) is 2. The molecule has 2 amide bonds. The van der Waals surface area contributed by atoms with Gasteiger partial charge in [-0.05, 0) is 54.0 Å². The van der Waals surface area contributed by atoms with Crippen molar-refractivity contribution in [2.45, 2.75) is 19.9 Å². The topological polar surface area (TPSA) is 67.4 Å². The molecule has 0 radical (unpaired) electrons. The first-order chi connectivity index (χ1) is 11.0. The van der Waals surface area contributed by atoms with Crippen molar-refractivity contribution in [2.24, 2.45) is 0 Å². The zero-order valence-electron chi connectivity index (χ0n) is 12.8. The van der Waals surface area contributed by atoms with Crippen LogP contribution in [0, 0.1) is 0 Å². The van der Waals surface area contributed by atoms with Crippen LogP contribution in [0.3, 0.4) is 0 Å². The van der Waals surface area contributed by atoms with Gasteiger partial charge in [-0.1, -0.05) is 12.1 Å². The molecule has 2 aromatic rings. The van der Waals surface area contributed by atoms with Crippen molar-refractivity contribution >= 4 is 44.8 Å². The molecule has 0 saturated heterocycles. The minimum atomic E-state index is -0.668. The van der Waals surface area contributed by atoms with Crippen LogP contribution in [0.4, 0.5) is 5.69 Å². The Balaban J connectivity index is 1.99. The van der Waals surface area contributed by atoms with Gasteiger partial charge in [-0.15, -0.1) is 11.3 Å². The summed E-state index contributed by atoms with van der Waals surface area (Å²) in [6.07, 6.45) is 0. The fraction of sp³-hybridized carbons (Fsp3) is 0.250. The van der Waals surface area contributed by atoms with Gasteiger partial charge in [0.25, 0.3) is 5.91 Å². The average Bonchev–Trinajstić information content (AvgIpc) is 2.96. The third-order valence-corrected chi connectivity index (χ3v) is 4.61. The number of para-hydroxylation sites is 2. The number of hydrogen-bond acceptors (Lipinski definition) is 4. The van der Waals surface area contributed by atoms with Gasteiger partial charge >= 0.3 is 0 Å². The van der Waals surface area contributed by atoms with E-state index < -0.39 is 6.04 Å². The number of amides is 2. The Morgan fingerprint density at radius 2 is 2.00 bits per heavy atom. The molecule has 0 aliphatic heterocycles. The summed E-state index contributed by atoms with van der Waals surface area (Å²) in [5, 5.41) is 5.45. The Morgan fingerprint density at radius 1 is 1.26 bits per heavy atom. The van der Waals surface area contributed by atoms with Crippen LogP contribution < -0.4 is 15.4 Å². The van der Waals surface area contributed by atoms with Crippen LogP contribution in [0.2, 0.25) is 0 Å². The van der Waals surface area contributed by atoms with Crippen molar-refractivity contribution < 1.29 is 14.3 Å². The smallest absolute Gasteiger partial charge is 0.262 e. The third-order valence-electron chi connectivity index (χ3n) is 2.98. The molecule has 23 heavy (non-hydrogen) atoms. The summed E-state index contributed by atoms with van der Waals surface area (Å²) in [6, 6.07) is 10.0. The van der Waals surface area contributed by atoms with Gasteiger partial charge < -0.3 is 15.4 Å². The number of hydrogen-bond donors (Lipinski definition) is 2. The molecule has 2 rings (SSSR count). The van der Waals surface area contributed by atoms with Gasteiger partial charge in [0.1, 0.15) is 11.8 Å². The number of ether oxygens (including phenoxy) is 1. The lowest BCUT2D eigenvalue weighted by Gasteiger charge is -2.15. The van der Waals surface area contributed by atoms with E-state index >= 15 is 0 Å². The average molecular weight is 397 g/mol. The second-order valence-electron chi connectivity index (χ2n) is 4.72. The lowest BCUT2D eigenvalue weighted by molar-refractivity contribution is -0.117. The fourth-order valence-corrected chi connectivity index (χ4v) is 3.15. The molecule has 2 N–H and O–H groups in total. The van der Waals surface area contributed by atoms with E-state index in [9.17, 15) is 9.59 Å². The largest absolute Gasteiger partial charge is 0.492 e. The van der Waals surface area contributed by atoms with E-state index in [-0.39, 0.29) is 11.8 Å². The lowest BCUT2D eigenvalue weighted by atomic mass is 10.2. The molecular formula is C16H17BrN2O3S. The number of halogens is 1. The second-order valence-corrected chi connectivity index (χ2v) is 7.18. The molecule has 0 aliphatic rings. The molecule has 122 valence electrons. The summed E-state index contributed by atoms with van der Waals surface area (Å²) in [6.45, 7) is 4.02. The highest BCUT2D eigenvalue weighted by Crippen LogP contribution is 2.24. The van der Waals surface area contributed by atoms with Gasteiger partial charge in [0, 0.05) is 0 Å². The van der Waals surface area contributed by atoms with Gasteiger partial charge in [-0.2, -0.15) is 0 Å². The molecule has 1 aromatic carbocycles. The summed E-state index contributed by atoms with van der Waals surface area (Å²) < 4.78 is 6.33. The van der Waals surface area contributed by atoms with Crippen LogP contribution in [0.15, 0.2) is 40.2 Å². The van der Waals surface area contributed by atoms with Gasteiger partial charge in [0.2, 0.25) is 5.91 Å². The van der Waals surface area contributed by atoms with Crippen LogP contribution in [0.25, 0.3) is 0 Å². The minimum Gasteiger partial charge on any atom is -0.492 e. The molecule has 0 saturated carbocycles. The number of carbonyl (C=O) groups is 2. The molecule has 1 heterocycles. The van der Waals surface area contributed by atoms with Crippen LogP contribution in [0.5, 0.6) is 5.75 Å². The molecule has 1 unspecified atom stereocenters. The Labute approximate surface area is 147 Å². The van der Waals surface area contributed by atoms with E-state index in [0.29, 0.717) is 22.9 Å². The first kappa shape index (κ1) is 17.5. The van der Waals surface area contributed by atoms with E-state index in [2.05, 4.69) is 26.6 Å². The minimum absolute atomic E-state index is 0.276. The molecular weight excluding hydrogens is 380 g/mol. The van der Waals surface area contributed by atoms with E-state index in [1.807, 2.05) is 19.1 Å². The molecule has 0 aliphatic carbocycles. The highest BCUT2D eigenvalue weighted by atomic mass is 79.9. The monoisotopic (exact) mass is 396 g/mol. The van der Waals surface area contributed by atoms with Gasteiger partial charge in [0.15, 0.2) is 0 Å². The summed E-state index contributed by atoms with van der Waals surface area (Å²) in [5.41, 5.74) is 0.583. The number of thiophene rings is 1. The van der Waals surface area contributed by atoms with Gasteiger partial charge in [0.05, 0.1) is 21.0 Å². The maximum absolute atomic E-state index is 12.3. The maximum atomic E-state index is 12.3. The SMILES string of the molecule is CCOc1ccccc1NC(=O)C(C)NC(=O)c1ccc(Br)s1. The summed E-state index contributed by atoms with van der Waals surface area (Å²) in [7, 11) is 0. The van der Waals surface area contributed by atoms with Crippen LogP contribution in [-0.2, 0) is 4.79 Å². The Hall–Kier alpha value is -1.86. The first-order valence-electron chi connectivity index (χ1n) is 7.10. The molecule has 7 heteroatoms. The summed E-state index contributed by atoms with van der Waals surface area (Å²) in [4.78, 5) is 24.9. The Bertz CT molecular complexity index is 702. The number of carbonyl (C=O) groups excluding carboxylic acids is 2. The Kier molecular flexibility index (Phi) is 6.18. The quantitative estimate of drug-likeness (QED) is 0.782. The molecule has 0 spiro atoms. The first-order valence-corrected chi connectivity index (χ1v) is 8.71. The highest BCUT2D eigenvalue weighted by Gasteiger charge is 2.18. The summed E-state index contributed by atoms with van der Waals surface area (Å²) >= 11 is 4.62. The van der Waals surface area contributed by atoms with Gasteiger partial charge in [-0.3, -0.25) is 9.59 Å². The standard InChI is InChI=1S/C16H17BrN2O3S/c1-3-22-12-7-5-4-6-11(12)19-15(20)10(2)18-16(21)13-8-9-14(17)23-13/h4-10H,3H2,1-2H3,(H,18,21)(H,19,20). The molecule has 0 fully saturated rings. The number of rotatable bonds is 6. The van der Waals surface area contributed by atoms with Crippen molar-refractivity contribution in [2.75, 3.05) is 11.9 Å². The normalized spacial score (nSPS) is 11.6. The van der Waals surface area contributed by atoms with Crippen molar-refractivity contribution in [3.63, 3.8) is 0 Å². The Morgan fingerprint density at radius 3 is 2.65 bits per heavy atom. The molecule has 5 nitrogen and oxygen atoms in total. The zero-order valence-corrected chi connectivity index (χ0v) is 15.2.